The number of carboxylic acid groups (broad SMARTS) is 1. The maximum absolute atomic E-state index is 12.6. The van der Waals surface area contributed by atoms with Crippen LogP contribution in [0.1, 0.15) is 168 Å². The van der Waals surface area contributed by atoms with Gasteiger partial charge in [0.15, 0.2) is 6.10 Å². The number of carbonyl (C=O) groups is 3. The molecule has 0 aliphatic rings. The van der Waals surface area contributed by atoms with Crippen LogP contribution < -0.4 is 5.73 Å². The highest BCUT2D eigenvalue weighted by atomic mass is 31.2. The van der Waals surface area contributed by atoms with E-state index in [0.29, 0.717) is 12.8 Å². The molecule has 0 amide bonds. The van der Waals surface area contributed by atoms with Crippen LogP contribution >= 0.6 is 7.82 Å². The zero-order valence-electron chi connectivity index (χ0n) is 33.6. The van der Waals surface area contributed by atoms with Gasteiger partial charge in [-0.05, 0) is 32.1 Å². The van der Waals surface area contributed by atoms with Crippen LogP contribution in [0.3, 0.4) is 0 Å². The van der Waals surface area contributed by atoms with Crippen molar-refractivity contribution in [2.24, 2.45) is 5.73 Å². The van der Waals surface area contributed by atoms with Crippen LogP contribution in [0.4, 0.5) is 0 Å². The lowest BCUT2D eigenvalue weighted by atomic mass is 10.0. The van der Waals surface area contributed by atoms with E-state index in [1.54, 1.807) is 0 Å². The molecule has 0 radical (unpaired) electrons. The molecular formula is C42H74NO10P. The number of rotatable bonds is 38. The summed E-state index contributed by atoms with van der Waals surface area (Å²) in [5.41, 5.74) is 5.32. The third-order valence-corrected chi connectivity index (χ3v) is 9.64. The lowest BCUT2D eigenvalue weighted by Crippen LogP contribution is -2.34. The number of hydrogen-bond donors (Lipinski definition) is 3. The molecule has 312 valence electrons. The third kappa shape index (κ3) is 36.4. The Kier molecular flexibility index (Phi) is 35.6. The molecule has 3 atom stereocenters. The van der Waals surface area contributed by atoms with E-state index in [0.717, 1.165) is 57.8 Å². The molecule has 4 N–H and O–H groups in total. The number of unbranched alkanes of at least 4 members (excludes halogenated alkanes) is 19. The molecule has 54 heavy (non-hydrogen) atoms. The summed E-state index contributed by atoms with van der Waals surface area (Å²) in [7, 11) is -4.72. The van der Waals surface area contributed by atoms with Crippen molar-refractivity contribution in [3.8, 4) is 0 Å². The highest BCUT2D eigenvalue weighted by Gasteiger charge is 2.28. The van der Waals surface area contributed by atoms with Gasteiger partial charge < -0.3 is 25.2 Å². The quantitative estimate of drug-likeness (QED) is 0.0235. The first kappa shape index (κ1) is 51.4. The van der Waals surface area contributed by atoms with Crippen molar-refractivity contribution in [1.82, 2.24) is 0 Å². The summed E-state index contributed by atoms with van der Waals surface area (Å²) in [6, 6.07) is -1.53. The van der Waals surface area contributed by atoms with Crippen molar-refractivity contribution in [3.05, 3.63) is 48.6 Å². The van der Waals surface area contributed by atoms with Gasteiger partial charge in [-0.3, -0.25) is 23.4 Å². The summed E-state index contributed by atoms with van der Waals surface area (Å²) in [5.74, 6) is -2.41. The first-order valence-electron chi connectivity index (χ1n) is 20.7. The molecule has 11 nitrogen and oxygen atoms in total. The van der Waals surface area contributed by atoms with Gasteiger partial charge in [0.2, 0.25) is 0 Å². The normalized spacial score (nSPS) is 14.3. The predicted molar refractivity (Wildman–Crippen MR) is 217 cm³/mol. The van der Waals surface area contributed by atoms with Crippen molar-refractivity contribution in [2.45, 2.75) is 180 Å². The number of hydrogen-bond acceptors (Lipinski definition) is 9. The second-order valence-electron chi connectivity index (χ2n) is 13.8. The van der Waals surface area contributed by atoms with Gasteiger partial charge in [-0.15, -0.1) is 0 Å². The van der Waals surface area contributed by atoms with E-state index in [1.807, 2.05) is 36.5 Å². The van der Waals surface area contributed by atoms with Gasteiger partial charge >= 0.3 is 25.7 Å². The maximum Gasteiger partial charge on any atom is 0.472 e. The van der Waals surface area contributed by atoms with E-state index in [9.17, 15) is 23.8 Å². The van der Waals surface area contributed by atoms with E-state index in [2.05, 4.69) is 30.5 Å². The van der Waals surface area contributed by atoms with E-state index >= 15 is 0 Å². The summed E-state index contributed by atoms with van der Waals surface area (Å²) in [6.07, 6.45) is 40.3. The first-order chi connectivity index (χ1) is 26.1. The molecule has 1 unspecified atom stereocenters. The molecular weight excluding hydrogens is 709 g/mol. The largest absolute Gasteiger partial charge is 0.480 e. The number of nitrogens with two attached hydrogens (primary N) is 1. The van der Waals surface area contributed by atoms with Crippen molar-refractivity contribution in [3.63, 3.8) is 0 Å². The molecule has 0 aliphatic heterocycles. The van der Waals surface area contributed by atoms with E-state index in [1.165, 1.54) is 70.6 Å². The molecule has 0 aromatic rings. The fourth-order valence-electron chi connectivity index (χ4n) is 5.43. The van der Waals surface area contributed by atoms with Crippen LogP contribution in [0, 0.1) is 0 Å². The molecule has 12 heteroatoms. The van der Waals surface area contributed by atoms with Crippen LogP contribution in [-0.4, -0.2) is 59.9 Å². The Balaban J connectivity index is 4.43. The second-order valence-corrected chi connectivity index (χ2v) is 15.3. The average Bonchev–Trinajstić information content (AvgIpc) is 3.14. The minimum absolute atomic E-state index is 0.135. The predicted octanol–water partition coefficient (Wildman–Crippen LogP) is 10.6. The molecule has 0 saturated carbocycles. The molecule has 0 saturated heterocycles. The Bertz CT molecular complexity index is 1110. The lowest BCUT2D eigenvalue weighted by molar-refractivity contribution is -0.161. The summed E-state index contributed by atoms with van der Waals surface area (Å²) in [5, 5.41) is 8.87. The van der Waals surface area contributed by atoms with Gasteiger partial charge in [0.1, 0.15) is 12.6 Å². The van der Waals surface area contributed by atoms with E-state index in [-0.39, 0.29) is 19.4 Å². The van der Waals surface area contributed by atoms with Gasteiger partial charge in [-0.2, -0.15) is 0 Å². The maximum atomic E-state index is 12.6. The number of phosphoric acid groups is 1. The van der Waals surface area contributed by atoms with Crippen LogP contribution in [0.5, 0.6) is 0 Å². The third-order valence-electron chi connectivity index (χ3n) is 8.69. The molecule has 0 aromatic heterocycles. The number of carbonyl (C=O) groups excluding carboxylic acids is 2. The Labute approximate surface area is 326 Å². The summed E-state index contributed by atoms with van der Waals surface area (Å²) >= 11 is 0. The monoisotopic (exact) mass is 784 g/mol. The number of carboxylic acids is 1. The lowest BCUT2D eigenvalue weighted by Gasteiger charge is -2.20. The van der Waals surface area contributed by atoms with Gasteiger partial charge in [0, 0.05) is 12.8 Å². The number of aliphatic carboxylic acids is 1. The van der Waals surface area contributed by atoms with Crippen molar-refractivity contribution in [1.29, 1.82) is 0 Å². The molecule has 0 fully saturated rings. The Morgan fingerprint density at radius 3 is 1.56 bits per heavy atom. The minimum atomic E-state index is -4.72. The second kappa shape index (κ2) is 37.4. The summed E-state index contributed by atoms with van der Waals surface area (Å²) < 4.78 is 32.6. The minimum Gasteiger partial charge on any atom is -0.480 e. The van der Waals surface area contributed by atoms with Crippen LogP contribution in [0.15, 0.2) is 48.6 Å². The van der Waals surface area contributed by atoms with E-state index in [4.69, 9.17) is 24.8 Å². The standard InChI is InChI=1S/C42H74NO10P/c1-3-5-7-9-11-13-15-17-19-21-23-25-27-29-31-33-40(44)50-35-38(36-51-54(48,49)52-37-39(43)42(46)47)53-41(45)34-32-30-28-26-24-22-20-18-16-14-12-10-8-6-4-2/h6,8,10,12,14,16,18,20,38-39H,3-5,7,9,11,13,15,17,19,21-37,43H2,1-2H3,(H,46,47)(H,48,49)/b8-6+,12-10+,16-14+,20-18+/t38-,39+/m1/s1. The molecule has 0 spiro atoms. The van der Waals surface area contributed by atoms with E-state index < -0.39 is 51.1 Å². The molecule has 0 heterocycles. The summed E-state index contributed by atoms with van der Waals surface area (Å²) in [4.78, 5) is 45.9. The van der Waals surface area contributed by atoms with Crippen LogP contribution in [-0.2, 0) is 37.5 Å². The van der Waals surface area contributed by atoms with Crippen LogP contribution in [0.2, 0.25) is 0 Å². The van der Waals surface area contributed by atoms with Gasteiger partial charge in [-0.1, -0.05) is 172 Å². The SMILES string of the molecule is CC/C=C/C=C/C=C/C=C/CCCCCCCC(=O)O[C@H](COC(=O)CCCCCCCCCCCCCCCCC)COP(=O)(O)OC[C@H](N)C(=O)O. The summed E-state index contributed by atoms with van der Waals surface area (Å²) in [6.45, 7) is 2.63. The topological polar surface area (TPSA) is 172 Å². The highest BCUT2D eigenvalue weighted by Crippen LogP contribution is 2.43. The van der Waals surface area contributed by atoms with Gasteiger partial charge in [0.05, 0.1) is 13.2 Å². The van der Waals surface area contributed by atoms with Crippen LogP contribution in [0.25, 0.3) is 0 Å². The van der Waals surface area contributed by atoms with Crippen molar-refractivity contribution in [2.75, 3.05) is 19.8 Å². The highest BCUT2D eigenvalue weighted by molar-refractivity contribution is 7.47. The average molecular weight is 784 g/mol. The van der Waals surface area contributed by atoms with Gasteiger partial charge in [-0.25, -0.2) is 4.57 Å². The number of ether oxygens (including phenoxy) is 2. The van der Waals surface area contributed by atoms with Crippen molar-refractivity contribution < 1.29 is 47.5 Å². The zero-order chi connectivity index (χ0) is 40.0. The number of allylic oxidation sites excluding steroid dienone is 8. The number of phosphoric ester groups is 1. The zero-order valence-corrected chi connectivity index (χ0v) is 34.4. The first-order valence-corrected chi connectivity index (χ1v) is 22.2. The molecule has 0 rings (SSSR count). The molecule has 0 aromatic carbocycles. The van der Waals surface area contributed by atoms with Crippen molar-refractivity contribution >= 4 is 25.7 Å². The molecule has 0 aliphatic carbocycles. The fraction of sp³-hybridized carbons (Fsp3) is 0.738. The number of esters is 2. The molecule has 0 bridgehead atoms. The Morgan fingerprint density at radius 2 is 1.04 bits per heavy atom. The smallest absolute Gasteiger partial charge is 0.472 e. The Morgan fingerprint density at radius 1 is 0.593 bits per heavy atom. The van der Waals surface area contributed by atoms with Gasteiger partial charge in [0.25, 0.3) is 0 Å². The fourth-order valence-corrected chi connectivity index (χ4v) is 6.21. The Hall–Kier alpha value is -2.56.